The molecule has 0 heterocycles. The molecule has 0 aliphatic heterocycles. The molecule has 5 unspecified atom stereocenters. The summed E-state index contributed by atoms with van der Waals surface area (Å²) in [6, 6.07) is 0. The van der Waals surface area contributed by atoms with E-state index in [2.05, 4.69) is 0 Å². The lowest BCUT2D eigenvalue weighted by molar-refractivity contribution is -0.157. The fraction of sp³-hybridized carbons (Fsp3) is 0.917. The van der Waals surface area contributed by atoms with Gasteiger partial charge in [-0.25, -0.2) is 0 Å². The lowest BCUT2D eigenvalue weighted by atomic mass is 9.73. The zero-order chi connectivity index (χ0) is 11.9. The number of aliphatic carboxylic acids is 1. The molecule has 3 nitrogen and oxygen atoms in total. The maximum absolute atomic E-state index is 11.3. The van der Waals surface area contributed by atoms with Crippen molar-refractivity contribution < 1.29 is 15.0 Å². The zero-order valence-corrected chi connectivity index (χ0v) is 10.3. The molecule has 2 saturated carbocycles. The van der Waals surface area contributed by atoms with Crippen molar-refractivity contribution in [3.63, 3.8) is 0 Å². The van der Waals surface area contributed by atoms with Gasteiger partial charge in [-0.1, -0.05) is 13.3 Å². The van der Waals surface area contributed by atoms with E-state index >= 15 is 0 Å². The van der Waals surface area contributed by atoms with E-state index in [0.717, 1.165) is 25.7 Å². The van der Waals surface area contributed by atoms with Crippen LogP contribution in [0.25, 0.3) is 0 Å². The lowest BCUT2D eigenvalue weighted by Crippen LogP contribution is -2.53. The molecule has 16 heavy (non-hydrogen) atoms. The number of rotatable bonds is 4. The van der Waals surface area contributed by atoms with Gasteiger partial charge in [-0.15, -0.1) is 11.6 Å². The van der Waals surface area contributed by atoms with Gasteiger partial charge in [0, 0.05) is 0 Å². The number of fused-ring (bicyclic) bond motifs is 2. The molecule has 2 aliphatic carbocycles. The Morgan fingerprint density at radius 2 is 2.25 bits per heavy atom. The van der Waals surface area contributed by atoms with Crippen molar-refractivity contribution in [2.45, 2.75) is 50.0 Å². The molecule has 2 N–H and O–H groups in total. The van der Waals surface area contributed by atoms with Crippen LogP contribution in [0.1, 0.15) is 39.0 Å². The number of alkyl halides is 1. The second-order valence-electron chi connectivity index (χ2n) is 5.24. The minimum absolute atomic E-state index is 0.0904. The molecule has 0 spiro atoms. The van der Waals surface area contributed by atoms with Crippen molar-refractivity contribution >= 4 is 17.6 Å². The summed E-state index contributed by atoms with van der Waals surface area (Å²) in [5.74, 6) is -1.19. The van der Waals surface area contributed by atoms with Gasteiger partial charge in [0.25, 0.3) is 0 Å². The summed E-state index contributed by atoms with van der Waals surface area (Å²) in [5.41, 5.74) is -1.17. The Labute approximate surface area is 101 Å². The SMILES string of the molecule is CCCC(C(=O)O)C1(O)C2CCC(C2)C1Cl. The van der Waals surface area contributed by atoms with Gasteiger partial charge in [0.15, 0.2) is 0 Å². The van der Waals surface area contributed by atoms with E-state index in [1.807, 2.05) is 6.92 Å². The summed E-state index contributed by atoms with van der Waals surface area (Å²) in [6.07, 6.45) is 4.15. The van der Waals surface area contributed by atoms with Crippen molar-refractivity contribution in [1.82, 2.24) is 0 Å². The summed E-state index contributed by atoms with van der Waals surface area (Å²) in [7, 11) is 0. The Hall–Kier alpha value is -0.280. The number of carbonyl (C=O) groups is 1. The largest absolute Gasteiger partial charge is 0.481 e. The maximum atomic E-state index is 11.3. The standard InChI is InChI=1S/C12H19ClO3/c1-2-3-9(11(14)15)12(16)8-5-4-7(6-8)10(12)13/h7-10,16H,2-6H2,1H3,(H,14,15). The second-order valence-corrected chi connectivity index (χ2v) is 5.71. The van der Waals surface area contributed by atoms with Gasteiger partial charge in [0.2, 0.25) is 0 Å². The van der Waals surface area contributed by atoms with Gasteiger partial charge in [0.05, 0.1) is 16.9 Å². The first-order valence-corrected chi connectivity index (χ1v) is 6.54. The molecule has 0 saturated heterocycles. The first kappa shape index (κ1) is 12.2. The van der Waals surface area contributed by atoms with Gasteiger partial charge in [-0.3, -0.25) is 4.79 Å². The van der Waals surface area contributed by atoms with Crippen molar-refractivity contribution in [2.24, 2.45) is 17.8 Å². The van der Waals surface area contributed by atoms with Crippen LogP contribution in [0.5, 0.6) is 0 Å². The summed E-state index contributed by atoms with van der Waals surface area (Å²) >= 11 is 6.28. The average molecular weight is 247 g/mol. The third-order valence-electron chi connectivity index (χ3n) is 4.42. The predicted molar refractivity (Wildman–Crippen MR) is 61.5 cm³/mol. The molecular formula is C12H19ClO3. The third kappa shape index (κ3) is 1.56. The van der Waals surface area contributed by atoms with Crippen LogP contribution in [0.4, 0.5) is 0 Å². The van der Waals surface area contributed by atoms with Crippen molar-refractivity contribution in [3.8, 4) is 0 Å². The first-order chi connectivity index (χ1) is 7.51. The molecule has 0 aromatic carbocycles. The highest BCUT2D eigenvalue weighted by molar-refractivity contribution is 6.22. The van der Waals surface area contributed by atoms with Gasteiger partial charge in [0.1, 0.15) is 0 Å². The van der Waals surface area contributed by atoms with Gasteiger partial charge < -0.3 is 10.2 Å². The molecule has 2 aliphatic rings. The number of hydrogen-bond acceptors (Lipinski definition) is 2. The number of aliphatic hydroxyl groups is 1. The van der Waals surface area contributed by atoms with Crippen LogP contribution in [0.2, 0.25) is 0 Å². The molecule has 2 rings (SSSR count). The number of carboxylic acids is 1. The molecule has 92 valence electrons. The van der Waals surface area contributed by atoms with E-state index in [-0.39, 0.29) is 11.3 Å². The quantitative estimate of drug-likeness (QED) is 0.748. The van der Waals surface area contributed by atoms with Crippen LogP contribution in [0, 0.1) is 17.8 Å². The third-order valence-corrected chi connectivity index (χ3v) is 5.12. The summed E-state index contributed by atoms with van der Waals surface area (Å²) in [5, 5.41) is 19.6. The van der Waals surface area contributed by atoms with E-state index < -0.39 is 17.5 Å². The molecule has 0 amide bonds. The van der Waals surface area contributed by atoms with Crippen molar-refractivity contribution in [1.29, 1.82) is 0 Å². The molecule has 0 radical (unpaired) electrons. The van der Waals surface area contributed by atoms with Crippen LogP contribution in [0.3, 0.4) is 0 Å². The Morgan fingerprint density at radius 1 is 1.56 bits per heavy atom. The minimum atomic E-state index is -1.17. The van der Waals surface area contributed by atoms with E-state index in [4.69, 9.17) is 11.6 Å². The Kier molecular flexibility index (Phi) is 3.19. The molecule has 5 atom stereocenters. The fourth-order valence-corrected chi connectivity index (χ4v) is 4.18. The summed E-state index contributed by atoms with van der Waals surface area (Å²) in [4.78, 5) is 11.3. The molecule has 0 aromatic rings. The summed E-state index contributed by atoms with van der Waals surface area (Å²) < 4.78 is 0. The molecule has 2 bridgehead atoms. The topological polar surface area (TPSA) is 57.5 Å². The van der Waals surface area contributed by atoms with Crippen LogP contribution < -0.4 is 0 Å². The monoisotopic (exact) mass is 246 g/mol. The van der Waals surface area contributed by atoms with Crippen molar-refractivity contribution in [3.05, 3.63) is 0 Å². The van der Waals surface area contributed by atoms with Crippen LogP contribution in [0.15, 0.2) is 0 Å². The second kappa shape index (κ2) is 4.19. The highest BCUT2D eigenvalue weighted by Gasteiger charge is 2.61. The van der Waals surface area contributed by atoms with Crippen LogP contribution >= 0.6 is 11.6 Å². The maximum Gasteiger partial charge on any atom is 0.309 e. The number of halogens is 1. The predicted octanol–water partition coefficient (Wildman–Crippen LogP) is 2.26. The van der Waals surface area contributed by atoms with Crippen LogP contribution in [-0.4, -0.2) is 27.2 Å². The Balaban J connectivity index is 2.25. The summed E-state index contributed by atoms with van der Waals surface area (Å²) in [6.45, 7) is 1.94. The first-order valence-electron chi connectivity index (χ1n) is 6.11. The minimum Gasteiger partial charge on any atom is -0.481 e. The zero-order valence-electron chi connectivity index (χ0n) is 9.53. The number of hydrogen-bond donors (Lipinski definition) is 2. The molecule has 2 fully saturated rings. The molecular weight excluding hydrogens is 228 g/mol. The highest BCUT2D eigenvalue weighted by Crippen LogP contribution is 2.56. The van der Waals surface area contributed by atoms with Crippen molar-refractivity contribution in [2.75, 3.05) is 0 Å². The molecule has 4 heteroatoms. The van der Waals surface area contributed by atoms with E-state index in [9.17, 15) is 15.0 Å². The molecule has 0 aromatic heterocycles. The van der Waals surface area contributed by atoms with E-state index in [1.54, 1.807) is 0 Å². The fourth-order valence-electron chi connectivity index (χ4n) is 3.62. The van der Waals surface area contributed by atoms with E-state index in [0.29, 0.717) is 12.3 Å². The van der Waals surface area contributed by atoms with E-state index in [1.165, 1.54) is 0 Å². The Morgan fingerprint density at radius 3 is 2.69 bits per heavy atom. The van der Waals surface area contributed by atoms with Crippen LogP contribution in [-0.2, 0) is 4.79 Å². The normalized spacial score (nSPS) is 43.6. The van der Waals surface area contributed by atoms with Gasteiger partial charge in [-0.2, -0.15) is 0 Å². The van der Waals surface area contributed by atoms with Gasteiger partial charge in [-0.05, 0) is 37.5 Å². The lowest BCUT2D eigenvalue weighted by Gasteiger charge is -2.40. The number of carboxylic acid groups (broad SMARTS) is 1. The highest BCUT2D eigenvalue weighted by atomic mass is 35.5. The smallest absolute Gasteiger partial charge is 0.309 e. The Bertz CT molecular complexity index is 290. The van der Waals surface area contributed by atoms with Gasteiger partial charge >= 0.3 is 5.97 Å². The average Bonchev–Trinajstić information content (AvgIpc) is 2.79.